The second-order valence-electron chi connectivity index (χ2n) is 7.49. The van der Waals surface area contributed by atoms with Crippen LogP contribution in [0, 0.1) is 17.7 Å². The van der Waals surface area contributed by atoms with Gasteiger partial charge in [0.15, 0.2) is 0 Å². The third-order valence-corrected chi connectivity index (χ3v) is 5.67. The number of hydrogen-bond acceptors (Lipinski definition) is 3. The molecule has 0 unspecified atom stereocenters. The van der Waals surface area contributed by atoms with Crippen LogP contribution < -0.4 is 5.32 Å². The van der Waals surface area contributed by atoms with Gasteiger partial charge in [0, 0.05) is 50.1 Å². The zero-order valence-corrected chi connectivity index (χ0v) is 15.4. The van der Waals surface area contributed by atoms with Crippen LogP contribution in [0.4, 0.5) is 4.39 Å². The summed E-state index contributed by atoms with van der Waals surface area (Å²) in [6, 6.07) is 6.48. The second-order valence-corrected chi connectivity index (χ2v) is 7.49. The van der Waals surface area contributed by atoms with Crippen molar-refractivity contribution in [2.24, 2.45) is 11.8 Å². The largest absolute Gasteiger partial charge is 0.352 e. The van der Waals surface area contributed by atoms with E-state index in [2.05, 4.69) is 17.3 Å². The molecule has 3 rings (SSSR count). The summed E-state index contributed by atoms with van der Waals surface area (Å²) in [5, 5.41) is 2.84. The Morgan fingerprint density at radius 1 is 1.04 bits per heavy atom. The van der Waals surface area contributed by atoms with E-state index < -0.39 is 0 Å². The molecule has 1 aliphatic heterocycles. The van der Waals surface area contributed by atoms with Gasteiger partial charge in [-0.15, -0.1) is 0 Å². The molecule has 1 saturated carbocycles. The van der Waals surface area contributed by atoms with E-state index in [0.717, 1.165) is 51.9 Å². The van der Waals surface area contributed by atoms with Crippen molar-refractivity contribution in [3.63, 3.8) is 0 Å². The predicted molar refractivity (Wildman–Crippen MR) is 97.8 cm³/mol. The Bertz CT molecular complexity index is 636. The number of rotatable bonds is 4. The lowest BCUT2D eigenvalue weighted by Crippen LogP contribution is -2.49. The minimum Gasteiger partial charge on any atom is -0.352 e. The van der Waals surface area contributed by atoms with Crippen LogP contribution in [0.3, 0.4) is 0 Å². The van der Waals surface area contributed by atoms with Crippen LogP contribution in [-0.2, 0) is 16.1 Å². The molecule has 0 atom stereocenters. The van der Waals surface area contributed by atoms with E-state index in [1.54, 1.807) is 18.2 Å². The van der Waals surface area contributed by atoms with Gasteiger partial charge in [-0.3, -0.25) is 9.59 Å². The highest BCUT2D eigenvalue weighted by atomic mass is 19.1. The van der Waals surface area contributed by atoms with E-state index in [-0.39, 0.29) is 36.0 Å². The van der Waals surface area contributed by atoms with Gasteiger partial charge in [-0.05, 0) is 38.8 Å². The molecule has 2 fully saturated rings. The van der Waals surface area contributed by atoms with Gasteiger partial charge in [0.05, 0.1) is 0 Å². The Labute approximate surface area is 154 Å². The summed E-state index contributed by atoms with van der Waals surface area (Å²) in [5.74, 6) is -0.0938. The average Bonchev–Trinajstić information content (AvgIpc) is 2.67. The minimum atomic E-state index is -0.297. The molecule has 1 aromatic rings. The summed E-state index contributed by atoms with van der Waals surface area (Å²) < 4.78 is 13.6. The van der Waals surface area contributed by atoms with E-state index in [0.29, 0.717) is 5.56 Å². The van der Waals surface area contributed by atoms with Crippen LogP contribution in [0.25, 0.3) is 0 Å². The van der Waals surface area contributed by atoms with Crippen molar-refractivity contribution in [3.8, 4) is 0 Å². The molecule has 1 heterocycles. The lowest BCUT2D eigenvalue weighted by atomic mass is 9.80. The molecule has 6 heteroatoms. The van der Waals surface area contributed by atoms with E-state index in [9.17, 15) is 14.0 Å². The Balaban J connectivity index is 1.43. The first kappa shape index (κ1) is 18.8. The smallest absolute Gasteiger partial charge is 0.225 e. The highest BCUT2D eigenvalue weighted by Gasteiger charge is 2.32. The van der Waals surface area contributed by atoms with Gasteiger partial charge >= 0.3 is 0 Å². The van der Waals surface area contributed by atoms with Gasteiger partial charge in [0.2, 0.25) is 11.8 Å². The van der Waals surface area contributed by atoms with E-state index >= 15 is 0 Å². The quantitative estimate of drug-likeness (QED) is 0.893. The van der Waals surface area contributed by atoms with Gasteiger partial charge in [-0.1, -0.05) is 18.2 Å². The first-order chi connectivity index (χ1) is 12.5. The normalized spacial score (nSPS) is 24.3. The molecule has 0 bridgehead atoms. The molecule has 26 heavy (non-hydrogen) atoms. The van der Waals surface area contributed by atoms with E-state index in [4.69, 9.17) is 0 Å². The first-order valence-electron chi connectivity index (χ1n) is 9.53. The van der Waals surface area contributed by atoms with Crippen LogP contribution in [0.2, 0.25) is 0 Å². The third kappa shape index (κ3) is 4.61. The van der Waals surface area contributed by atoms with Crippen LogP contribution in [0.5, 0.6) is 0 Å². The number of hydrogen-bond donors (Lipinski definition) is 1. The fourth-order valence-corrected chi connectivity index (χ4v) is 3.86. The van der Waals surface area contributed by atoms with Crippen LogP contribution in [-0.4, -0.2) is 54.8 Å². The Morgan fingerprint density at radius 2 is 1.65 bits per heavy atom. The molecule has 0 aromatic heterocycles. The molecule has 0 radical (unpaired) electrons. The van der Waals surface area contributed by atoms with Crippen molar-refractivity contribution < 1.29 is 14.0 Å². The highest BCUT2D eigenvalue weighted by Crippen LogP contribution is 2.30. The maximum atomic E-state index is 13.6. The van der Waals surface area contributed by atoms with Crippen molar-refractivity contribution in [1.82, 2.24) is 15.1 Å². The monoisotopic (exact) mass is 361 g/mol. The maximum absolute atomic E-state index is 13.6. The average molecular weight is 361 g/mol. The molecule has 1 saturated heterocycles. The first-order valence-corrected chi connectivity index (χ1v) is 9.53. The fourth-order valence-electron chi connectivity index (χ4n) is 3.86. The second kappa shape index (κ2) is 8.62. The maximum Gasteiger partial charge on any atom is 0.225 e. The third-order valence-electron chi connectivity index (χ3n) is 5.67. The van der Waals surface area contributed by atoms with Crippen molar-refractivity contribution in [1.29, 1.82) is 0 Å². The van der Waals surface area contributed by atoms with Crippen molar-refractivity contribution in [3.05, 3.63) is 35.6 Å². The molecule has 2 amide bonds. The lowest BCUT2D eigenvalue weighted by Gasteiger charge is -2.36. The molecule has 2 aliphatic rings. The molecule has 1 aromatic carbocycles. The summed E-state index contributed by atoms with van der Waals surface area (Å²) in [7, 11) is 2.08. The number of carbonyl (C=O) groups is 2. The Hall–Kier alpha value is -1.95. The summed E-state index contributed by atoms with van der Waals surface area (Å²) in [6.45, 7) is 3.68. The van der Waals surface area contributed by atoms with Gasteiger partial charge in [0.25, 0.3) is 0 Å². The van der Waals surface area contributed by atoms with Crippen LogP contribution in [0.15, 0.2) is 24.3 Å². The van der Waals surface area contributed by atoms with Gasteiger partial charge in [0.1, 0.15) is 5.82 Å². The summed E-state index contributed by atoms with van der Waals surface area (Å²) >= 11 is 0. The number of amides is 2. The SMILES string of the molecule is CN1CCN(C(=O)C2CCC(C(=O)NCc3ccccc3F)CC2)CC1. The van der Waals surface area contributed by atoms with Crippen LogP contribution in [0.1, 0.15) is 31.2 Å². The summed E-state index contributed by atoms with van der Waals surface area (Å²) in [6.07, 6.45) is 2.99. The number of carbonyl (C=O) groups excluding carboxylic acids is 2. The van der Waals surface area contributed by atoms with Gasteiger partial charge < -0.3 is 15.1 Å². The number of halogens is 1. The van der Waals surface area contributed by atoms with E-state index in [1.807, 2.05) is 4.90 Å². The topological polar surface area (TPSA) is 52.7 Å². The van der Waals surface area contributed by atoms with E-state index in [1.165, 1.54) is 6.07 Å². The van der Waals surface area contributed by atoms with Crippen molar-refractivity contribution in [2.45, 2.75) is 32.2 Å². The highest BCUT2D eigenvalue weighted by molar-refractivity contribution is 5.81. The number of nitrogens with one attached hydrogen (secondary N) is 1. The van der Waals surface area contributed by atoms with Gasteiger partial charge in [-0.2, -0.15) is 0 Å². The number of likely N-dealkylation sites (N-methyl/N-ethyl adjacent to an activating group) is 1. The summed E-state index contributed by atoms with van der Waals surface area (Å²) in [4.78, 5) is 29.2. The predicted octanol–water partition coefficient (Wildman–Crippen LogP) is 2.02. The Morgan fingerprint density at radius 3 is 2.31 bits per heavy atom. The number of piperazine rings is 1. The molecular weight excluding hydrogens is 333 g/mol. The molecule has 0 spiro atoms. The molecule has 1 N–H and O–H groups in total. The van der Waals surface area contributed by atoms with Crippen LogP contribution >= 0.6 is 0 Å². The summed E-state index contributed by atoms with van der Waals surface area (Å²) in [5.41, 5.74) is 0.500. The lowest BCUT2D eigenvalue weighted by molar-refractivity contribution is -0.139. The minimum absolute atomic E-state index is 0.0289. The zero-order chi connectivity index (χ0) is 18.5. The number of benzene rings is 1. The Kier molecular flexibility index (Phi) is 6.25. The van der Waals surface area contributed by atoms with Crippen molar-refractivity contribution in [2.75, 3.05) is 33.2 Å². The zero-order valence-electron chi connectivity index (χ0n) is 15.4. The fraction of sp³-hybridized carbons (Fsp3) is 0.600. The molecular formula is C20H28FN3O2. The number of nitrogens with zero attached hydrogens (tertiary/aromatic N) is 2. The molecule has 142 valence electrons. The standard InChI is InChI=1S/C20H28FN3O2/c1-23-10-12-24(13-11-23)20(26)16-8-6-15(7-9-16)19(25)22-14-17-4-2-3-5-18(17)21/h2-5,15-16H,6-14H2,1H3,(H,22,25). The van der Waals surface area contributed by atoms with Gasteiger partial charge in [-0.25, -0.2) is 4.39 Å². The molecule has 1 aliphatic carbocycles. The molecule has 5 nitrogen and oxygen atoms in total. The van der Waals surface area contributed by atoms with Crippen molar-refractivity contribution >= 4 is 11.8 Å².